The molecule has 0 spiro atoms. The van der Waals surface area contributed by atoms with E-state index in [4.69, 9.17) is 9.47 Å². The average molecular weight is 256 g/mol. The summed E-state index contributed by atoms with van der Waals surface area (Å²) in [5.41, 5.74) is 0.323. The zero-order chi connectivity index (χ0) is 13.9. The van der Waals surface area contributed by atoms with E-state index in [9.17, 15) is 0 Å². The summed E-state index contributed by atoms with van der Waals surface area (Å²) in [6.45, 7) is 14.5. The van der Waals surface area contributed by atoms with E-state index in [-0.39, 0.29) is 11.2 Å². The SMILES string of the molecule is CC(C)(C)OCCC1(COC(C)(C)C)CCCC1. The smallest absolute Gasteiger partial charge is 0.0598 e. The van der Waals surface area contributed by atoms with Gasteiger partial charge in [-0.25, -0.2) is 0 Å². The molecule has 0 aliphatic heterocycles. The minimum absolute atomic E-state index is 0.0231. The minimum atomic E-state index is -0.0273. The lowest BCUT2D eigenvalue weighted by Crippen LogP contribution is -2.32. The molecule has 0 bridgehead atoms. The molecule has 1 saturated carbocycles. The number of ether oxygens (including phenoxy) is 2. The van der Waals surface area contributed by atoms with Crippen LogP contribution >= 0.6 is 0 Å². The van der Waals surface area contributed by atoms with E-state index in [1.165, 1.54) is 25.7 Å². The molecule has 0 heterocycles. The molecule has 0 saturated heterocycles. The second-order valence-electron chi connectivity index (χ2n) is 7.82. The summed E-state index contributed by atoms with van der Waals surface area (Å²) in [7, 11) is 0. The first-order chi connectivity index (χ1) is 8.12. The summed E-state index contributed by atoms with van der Waals surface area (Å²) in [5, 5.41) is 0. The average Bonchev–Trinajstić information content (AvgIpc) is 2.61. The van der Waals surface area contributed by atoms with Gasteiger partial charge in [0.15, 0.2) is 0 Å². The maximum Gasteiger partial charge on any atom is 0.0598 e. The fraction of sp³-hybridized carbons (Fsp3) is 1.00. The molecule has 1 aliphatic carbocycles. The lowest BCUT2D eigenvalue weighted by atomic mass is 9.83. The van der Waals surface area contributed by atoms with Crippen molar-refractivity contribution in [2.75, 3.05) is 13.2 Å². The molecule has 0 aromatic carbocycles. The first-order valence-electron chi connectivity index (χ1n) is 7.40. The van der Waals surface area contributed by atoms with Crippen LogP contribution < -0.4 is 0 Å². The van der Waals surface area contributed by atoms with Crippen LogP contribution in [0.1, 0.15) is 73.6 Å². The van der Waals surface area contributed by atoms with E-state index < -0.39 is 0 Å². The van der Waals surface area contributed by atoms with Crippen molar-refractivity contribution in [3.8, 4) is 0 Å². The summed E-state index contributed by atoms with van der Waals surface area (Å²) in [4.78, 5) is 0. The van der Waals surface area contributed by atoms with Gasteiger partial charge in [-0.3, -0.25) is 0 Å². The lowest BCUT2D eigenvalue weighted by molar-refractivity contribution is -0.0718. The van der Waals surface area contributed by atoms with Gasteiger partial charge in [0.1, 0.15) is 0 Å². The van der Waals surface area contributed by atoms with Crippen LogP contribution in [0, 0.1) is 5.41 Å². The molecule has 2 heteroatoms. The van der Waals surface area contributed by atoms with Gasteiger partial charge in [0.05, 0.1) is 17.8 Å². The van der Waals surface area contributed by atoms with E-state index in [1.807, 2.05) is 0 Å². The van der Waals surface area contributed by atoms with Gasteiger partial charge in [0.2, 0.25) is 0 Å². The van der Waals surface area contributed by atoms with Crippen molar-refractivity contribution in [2.24, 2.45) is 5.41 Å². The molecule has 0 aromatic rings. The van der Waals surface area contributed by atoms with Crippen LogP contribution in [0.15, 0.2) is 0 Å². The van der Waals surface area contributed by atoms with Crippen LogP contribution in [0.3, 0.4) is 0 Å². The van der Waals surface area contributed by atoms with E-state index in [2.05, 4.69) is 41.5 Å². The van der Waals surface area contributed by atoms with Gasteiger partial charge in [-0.05, 0) is 66.2 Å². The number of rotatable bonds is 5. The lowest BCUT2D eigenvalue weighted by Gasteiger charge is -2.33. The quantitative estimate of drug-likeness (QED) is 0.717. The predicted molar refractivity (Wildman–Crippen MR) is 76.9 cm³/mol. The predicted octanol–water partition coefficient (Wildman–Crippen LogP) is 4.57. The Labute approximate surface area is 113 Å². The standard InChI is InChI=1S/C16H32O2/c1-14(2,3)17-12-11-16(9-7-8-10-16)13-18-15(4,5)6/h7-13H2,1-6H3. The van der Waals surface area contributed by atoms with Crippen molar-refractivity contribution < 1.29 is 9.47 Å². The molecule has 2 nitrogen and oxygen atoms in total. The topological polar surface area (TPSA) is 18.5 Å². The molecule has 0 N–H and O–H groups in total. The van der Waals surface area contributed by atoms with Crippen LogP contribution in [0.5, 0.6) is 0 Å². The zero-order valence-electron chi connectivity index (χ0n) is 13.3. The Morgan fingerprint density at radius 2 is 1.33 bits per heavy atom. The van der Waals surface area contributed by atoms with Gasteiger partial charge in [-0.2, -0.15) is 0 Å². The summed E-state index contributed by atoms with van der Waals surface area (Å²) in [6, 6.07) is 0. The normalized spacial score (nSPS) is 20.3. The highest BCUT2D eigenvalue weighted by Crippen LogP contribution is 2.42. The monoisotopic (exact) mass is 256 g/mol. The van der Waals surface area contributed by atoms with E-state index in [0.29, 0.717) is 5.41 Å². The molecular formula is C16H32O2. The first-order valence-corrected chi connectivity index (χ1v) is 7.40. The molecule has 108 valence electrons. The van der Waals surface area contributed by atoms with E-state index in [1.54, 1.807) is 0 Å². The zero-order valence-corrected chi connectivity index (χ0v) is 13.3. The summed E-state index contributed by atoms with van der Waals surface area (Å²) in [5.74, 6) is 0. The first kappa shape index (κ1) is 16.0. The number of hydrogen-bond acceptors (Lipinski definition) is 2. The van der Waals surface area contributed by atoms with Gasteiger partial charge >= 0.3 is 0 Å². The number of hydrogen-bond donors (Lipinski definition) is 0. The molecule has 1 fully saturated rings. The molecule has 0 aromatic heterocycles. The van der Waals surface area contributed by atoms with Crippen molar-refractivity contribution in [1.29, 1.82) is 0 Å². The molecule has 1 aliphatic rings. The van der Waals surface area contributed by atoms with E-state index in [0.717, 1.165) is 19.6 Å². The maximum atomic E-state index is 6.04. The van der Waals surface area contributed by atoms with Crippen LogP contribution in [-0.2, 0) is 9.47 Å². The Kier molecular flexibility index (Phi) is 5.25. The molecule has 0 atom stereocenters. The van der Waals surface area contributed by atoms with Crippen LogP contribution in [0.25, 0.3) is 0 Å². The molecule has 0 unspecified atom stereocenters. The van der Waals surface area contributed by atoms with Crippen molar-refractivity contribution in [2.45, 2.75) is 84.8 Å². The summed E-state index contributed by atoms with van der Waals surface area (Å²) in [6.07, 6.45) is 6.44. The summed E-state index contributed by atoms with van der Waals surface area (Å²) >= 11 is 0. The largest absolute Gasteiger partial charge is 0.376 e. The molecule has 0 amide bonds. The Bertz CT molecular complexity index is 239. The van der Waals surface area contributed by atoms with Gasteiger partial charge in [-0.15, -0.1) is 0 Å². The van der Waals surface area contributed by atoms with Crippen molar-refractivity contribution in [3.63, 3.8) is 0 Å². The van der Waals surface area contributed by atoms with Gasteiger partial charge in [0, 0.05) is 6.61 Å². The second-order valence-corrected chi connectivity index (χ2v) is 7.82. The molecule has 18 heavy (non-hydrogen) atoms. The Hall–Kier alpha value is -0.0800. The van der Waals surface area contributed by atoms with Crippen molar-refractivity contribution in [1.82, 2.24) is 0 Å². The van der Waals surface area contributed by atoms with E-state index >= 15 is 0 Å². The third-order valence-electron chi connectivity index (χ3n) is 3.64. The van der Waals surface area contributed by atoms with Gasteiger partial charge in [-0.1, -0.05) is 12.8 Å². The molecular weight excluding hydrogens is 224 g/mol. The van der Waals surface area contributed by atoms with Crippen LogP contribution in [-0.4, -0.2) is 24.4 Å². The third kappa shape index (κ3) is 6.19. The fourth-order valence-electron chi connectivity index (χ4n) is 2.53. The maximum absolute atomic E-state index is 6.04. The highest BCUT2D eigenvalue weighted by atomic mass is 16.5. The van der Waals surface area contributed by atoms with Gasteiger partial charge in [0.25, 0.3) is 0 Å². The highest BCUT2D eigenvalue weighted by Gasteiger charge is 2.35. The van der Waals surface area contributed by atoms with Crippen molar-refractivity contribution >= 4 is 0 Å². The third-order valence-corrected chi connectivity index (χ3v) is 3.64. The Balaban J connectivity index is 2.43. The molecule has 1 rings (SSSR count). The van der Waals surface area contributed by atoms with Crippen LogP contribution in [0.2, 0.25) is 0 Å². The summed E-state index contributed by atoms with van der Waals surface area (Å²) < 4.78 is 11.9. The van der Waals surface area contributed by atoms with Crippen LogP contribution in [0.4, 0.5) is 0 Å². The van der Waals surface area contributed by atoms with Crippen molar-refractivity contribution in [3.05, 3.63) is 0 Å². The second kappa shape index (κ2) is 5.92. The molecule has 0 radical (unpaired) electrons. The minimum Gasteiger partial charge on any atom is -0.376 e. The fourth-order valence-corrected chi connectivity index (χ4v) is 2.53. The van der Waals surface area contributed by atoms with Gasteiger partial charge < -0.3 is 9.47 Å². The highest BCUT2D eigenvalue weighted by molar-refractivity contribution is 4.85. The Morgan fingerprint density at radius 3 is 1.78 bits per heavy atom. The Morgan fingerprint density at radius 1 is 0.833 bits per heavy atom.